The Morgan fingerprint density at radius 2 is 1.86 bits per heavy atom. The first-order chi connectivity index (χ1) is 6.68. The summed E-state index contributed by atoms with van der Waals surface area (Å²) in [4.78, 5) is 2.35. The zero-order chi connectivity index (χ0) is 10.1. The van der Waals surface area contributed by atoms with Gasteiger partial charge in [-0.1, -0.05) is 12.1 Å². The Labute approximate surface area is 85.7 Å². The van der Waals surface area contributed by atoms with Gasteiger partial charge in [-0.2, -0.15) is 0 Å². The Balaban J connectivity index is 2.12. The van der Waals surface area contributed by atoms with E-state index in [1.54, 1.807) is 0 Å². The van der Waals surface area contributed by atoms with E-state index in [1.807, 2.05) is 6.92 Å². The van der Waals surface area contributed by atoms with Crippen LogP contribution in [0.5, 0.6) is 0 Å². The fourth-order valence-electron chi connectivity index (χ4n) is 1.69. The van der Waals surface area contributed by atoms with Crippen LogP contribution in [0.4, 0.5) is 5.69 Å². The van der Waals surface area contributed by atoms with Gasteiger partial charge in [0.05, 0.1) is 0 Å². The third kappa shape index (κ3) is 1.90. The lowest BCUT2D eigenvalue weighted by Gasteiger charge is -2.19. The average Bonchev–Trinajstić information content (AvgIpc) is 3.00. The fourth-order valence-corrected chi connectivity index (χ4v) is 1.69. The topological polar surface area (TPSA) is 29.3 Å². The summed E-state index contributed by atoms with van der Waals surface area (Å²) in [7, 11) is 2.17. The fraction of sp³-hybridized carbons (Fsp3) is 0.500. The van der Waals surface area contributed by atoms with Crippen molar-refractivity contribution in [3.8, 4) is 0 Å². The van der Waals surface area contributed by atoms with Crippen molar-refractivity contribution in [1.29, 1.82) is 0 Å². The van der Waals surface area contributed by atoms with E-state index in [1.165, 1.54) is 24.1 Å². The molecule has 76 valence electrons. The predicted octanol–water partition coefficient (Wildman–Crippen LogP) is 2.30. The molecule has 1 atom stereocenters. The lowest BCUT2D eigenvalue weighted by atomic mass is 10.1. The van der Waals surface area contributed by atoms with E-state index in [0.717, 1.165) is 6.04 Å². The molecule has 0 aromatic heterocycles. The summed E-state index contributed by atoms with van der Waals surface area (Å²) in [6.45, 7) is 2.01. The van der Waals surface area contributed by atoms with Crippen LogP contribution in [0.1, 0.15) is 31.4 Å². The second-order valence-corrected chi connectivity index (χ2v) is 4.22. The maximum atomic E-state index is 5.80. The van der Waals surface area contributed by atoms with Crippen molar-refractivity contribution in [3.05, 3.63) is 29.8 Å². The van der Waals surface area contributed by atoms with Crippen molar-refractivity contribution in [2.45, 2.75) is 31.8 Å². The number of hydrogen-bond donors (Lipinski definition) is 1. The first kappa shape index (κ1) is 9.53. The molecule has 0 amide bonds. The predicted molar refractivity (Wildman–Crippen MR) is 60.5 cm³/mol. The molecule has 2 N–H and O–H groups in total. The SMILES string of the molecule is CC(N)c1ccc(N(C)C2CC2)cc1. The molecule has 1 fully saturated rings. The highest BCUT2D eigenvalue weighted by molar-refractivity contribution is 5.49. The molecule has 1 aromatic carbocycles. The number of hydrogen-bond acceptors (Lipinski definition) is 2. The van der Waals surface area contributed by atoms with Gasteiger partial charge in [0.15, 0.2) is 0 Å². The lowest BCUT2D eigenvalue weighted by Crippen LogP contribution is -2.19. The third-order valence-corrected chi connectivity index (χ3v) is 2.92. The van der Waals surface area contributed by atoms with Gasteiger partial charge in [0.1, 0.15) is 0 Å². The van der Waals surface area contributed by atoms with Crippen LogP contribution in [0, 0.1) is 0 Å². The van der Waals surface area contributed by atoms with Crippen LogP contribution in [-0.2, 0) is 0 Å². The Hall–Kier alpha value is -1.02. The average molecular weight is 190 g/mol. The summed E-state index contributed by atoms with van der Waals surface area (Å²) >= 11 is 0. The van der Waals surface area contributed by atoms with Gasteiger partial charge >= 0.3 is 0 Å². The maximum Gasteiger partial charge on any atom is 0.0366 e. The van der Waals surface area contributed by atoms with Crippen molar-refractivity contribution >= 4 is 5.69 Å². The molecule has 1 aliphatic carbocycles. The Bertz CT molecular complexity index is 299. The molecule has 2 heteroatoms. The number of benzene rings is 1. The minimum Gasteiger partial charge on any atom is -0.372 e. The molecule has 0 saturated heterocycles. The maximum absolute atomic E-state index is 5.80. The molecule has 1 aromatic rings. The van der Waals surface area contributed by atoms with Gasteiger partial charge in [-0.3, -0.25) is 0 Å². The number of nitrogens with two attached hydrogens (primary N) is 1. The van der Waals surface area contributed by atoms with Gasteiger partial charge in [-0.25, -0.2) is 0 Å². The molecule has 2 nitrogen and oxygen atoms in total. The molecule has 0 aliphatic heterocycles. The number of rotatable bonds is 3. The molecule has 0 radical (unpaired) electrons. The smallest absolute Gasteiger partial charge is 0.0366 e. The van der Waals surface area contributed by atoms with Crippen molar-refractivity contribution in [3.63, 3.8) is 0 Å². The number of nitrogens with zero attached hydrogens (tertiary/aromatic N) is 1. The summed E-state index contributed by atoms with van der Waals surface area (Å²) in [5, 5.41) is 0. The van der Waals surface area contributed by atoms with Crippen molar-refractivity contribution in [1.82, 2.24) is 0 Å². The Kier molecular flexibility index (Phi) is 2.46. The van der Waals surface area contributed by atoms with Crippen LogP contribution >= 0.6 is 0 Å². The minimum atomic E-state index is 0.135. The van der Waals surface area contributed by atoms with Crippen LogP contribution in [0.2, 0.25) is 0 Å². The van der Waals surface area contributed by atoms with Crippen LogP contribution in [0.15, 0.2) is 24.3 Å². The number of anilines is 1. The van der Waals surface area contributed by atoms with E-state index in [0.29, 0.717) is 0 Å². The zero-order valence-corrected chi connectivity index (χ0v) is 8.90. The summed E-state index contributed by atoms with van der Waals surface area (Å²) in [5.41, 5.74) is 8.31. The molecular weight excluding hydrogens is 172 g/mol. The molecule has 0 spiro atoms. The third-order valence-electron chi connectivity index (χ3n) is 2.92. The molecule has 0 bridgehead atoms. The van der Waals surface area contributed by atoms with E-state index in [9.17, 15) is 0 Å². The second kappa shape index (κ2) is 3.62. The highest BCUT2D eigenvalue weighted by Crippen LogP contribution is 2.30. The van der Waals surface area contributed by atoms with Crippen molar-refractivity contribution < 1.29 is 0 Å². The van der Waals surface area contributed by atoms with Crippen molar-refractivity contribution in [2.75, 3.05) is 11.9 Å². The zero-order valence-electron chi connectivity index (χ0n) is 8.90. The molecule has 14 heavy (non-hydrogen) atoms. The molecule has 1 saturated carbocycles. The summed E-state index contributed by atoms with van der Waals surface area (Å²) in [6, 6.07) is 9.48. The lowest BCUT2D eigenvalue weighted by molar-refractivity contribution is 0.817. The first-order valence-corrected chi connectivity index (χ1v) is 5.27. The highest BCUT2D eigenvalue weighted by atomic mass is 15.2. The minimum absolute atomic E-state index is 0.135. The molecular formula is C12H18N2. The van der Waals surface area contributed by atoms with Gasteiger partial charge in [0.25, 0.3) is 0 Å². The molecule has 1 aliphatic rings. The van der Waals surface area contributed by atoms with Crippen LogP contribution in [0.3, 0.4) is 0 Å². The van der Waals surface area contributed by atoms with Gasteiger partial charge in [-0.05, 0) is 37.5 Å². The van der Waals surface area contributed by atoms with E-state index < -0.39 is 0 Å². The van der Waals surface area contributed by atoms with Crippen LogP contribution in [-0.4, -0.2) is 13.1 Å². The summed E-state index contributed by atoms with van der Waals surface area (Å²) < 4.78 is 0. The quantitative estimate of drug-likeness (QED) is 0.792. The van der Waals surface area contributed by atoms with E-state index in [4.69, 9.17) is 5.73 Å². The summed E-state index contributed by atoms with van der Waals surface area (Å²) in [6.07, 6.45) is 2.68. The standard InChI is InChI=1S/C12H18N2/c1-9(13)10-3-5-11(6-4-10)14(2)12-7-8-12/h3-6,9,12H,7-8,13H2,1-2H3. The molecule has 2 rings (SSSR count). The van der Waals surface area contributed by atoms with E-state index >= 15 is 0 Å². The highest BCUT2D eigenvalue weighted by Gasteiger charge is 2.26. The van der Waals surface area contributed by atoms with Gasteiger partial charge < -0.3 is 10.6 Å². The normalized spacial score (nSPS) is 17.9. The summed E-state index contributed by atoms with van der Waals surface area (Å²) in [5.74, 6) is 0. The van der Waals surface area contributed by atoms with Gasteiger partial charge in [-0.15, -0.1) is 0 Å². The monoisotopic (exact) mass is 190 g/mol. The van der Waals surface area contributed by atoms with Gasteiger partial charge in [0.2, 0.25) is 0 Å². The molecule has 1 unspecified atom stereocenters. The Morgan fingerprint density at radius 1 is 1.29 bits per heavy atom. The van der Waals surface area contributed by atoms with Crippen LogP contribution < -0.4 is 10.6 Å². The van der Waals surface area contributed by atoms with Gasteiger partial charge in [0, 0.05) is 24.8 Å². The van der Waals surface area contributed by atoms with E-state index in [2.05, 4.69) is 36.2 Å². The Morgan fingerprint density at radius 3 is 2.29 bits per heavy atom. The molecule has 0 heterocycles. The van der Waals surface area contributed by atoms with Crippen molar-refractivity contribution in [2.24, 2.45) is 5.73 Å². The second-order valence-electron chi connectivity index (χ2n) is 4.22. The van der Waals surface area contributed by atoms with E-state index in [-0.39, 0.29) is 6.04 Å². The van der Waals surface area contributed by atoms with Crippen LogP contribution in [0.25, 0.3) is 0 Å². The first-order valence-electron chi connectivity index (χ1n) is 5.27. The largest absolute Gasteiger partial charge is 0.372 e.